The first-order chi connectivity index (χ1) is 11.5. The lowest BCUT2D eigenvalue weighted by molar-refractivity contribution is 0.0222. The van der Waals surface area contributed by atoms with Gasteiger partial charge >= 0.3 is 0 Å². The fourth-order valence-electron chi connectivity index (χ4n) is 2.93. The molecule has 1 heterocycles. The molecule has 130 valence electrons. The average molecular weight is 366 g/mol. The van der Waals surface area contributed by atoms with Crippen LogP contribution in [-0.4, -0.2) is 20.1 Å². The lowest BCUT2D eigenvalue weighted by Gasteiger charge is -2.27. The first-order valence-corrected chi connectivity index (χ1v) is 10.7. The van der Waals surface area contributed by atoms with Gasteiger partial charge in [-0.1, -0.05) is 31.5 Å². The van der Waals surface area contributed by atoms with Gasteiger partial charge in [-0.2, -0.15) is 0 Å². The minimum Gasteiger partial charge on any atom is -0.383 e. The van der Waals surface area contributed by atoms with Gasteiger partial charge in [0.2, 0.25) is 10.0 Å². The summed E-state index contributed by atoms with van der Waals surface area (Å²) in [5, 5.41) is 12.9. The number of aryl methyl sites for hydroxylation is 1. The number of sulfonamides is 1. The highest BCUT2D eigenvalue weighted by Crippen LogP contribution is 2.46. The standard InChI is InChI=1S/C18H23NO3S2/c1-2-4-14-6-10-16(11-7-14)24(21,22)19-13-18(20,15-8-9-15)17-5-3-12-23-17/h3,5-7,10-12,15,19-20H,2,4,8-9,13H2,1H3. The van der Waals surface area contributed by atoms with E-state index in [0.29, 0.717) is 0 Å². The highest BCUT2D eigenvalue weighted by Gasteiger charge is 2.46. The van der Waals surface area contributed by atoms with Gasteiger partial charge in [0.15, 0.2) is 0 Å². The molecule has 2 N–H and O–H groups in total. The van der Waals surface area contributed by atoms with Crippen molar-refractivity contribution < 1.29 is 13.5 Å². The zero-order chi connectivity index (χ0) is 17.2. The Bertz CT molecular complexity index is 765. The van der Waals surface area contributed by atoms with Gasteiger partial charge in [-0.05, 0) is 54.3 Å². The Balaban J connectivity index is 1.74. The van der Waals surface area contributed by atoms with Crippen molar-refractivity contribution in [2.45, 2.75) is 43.1 Å². The van der Waals surface area contributed by atoms with Crippen LogP contribution in [0.15, 0.2) is 46.7 Å². The van der Waals surface area contributed by atoms with E-state index in [0.717, 1.165) is 36.1 Å². The van der Waals surface area contributed by atoms with Gasteiger partial charge in [0.05, 0.1) is 4.90 Å². The summed E-state index contributed by atoms with van der Waals surface area (Å²) >= 11 is 1.47. The van der Waals surface area contributed by atoms with Crippen LogP contribution in [0.4, 0.5) is 0 Å². The molecule has 1 aliphatic carbocycles. The quantitative estimate of drug-likeness (QED) is 0.754. The van der Waals surface area contributed by atoms with Crippen LogP contribution in [0.5, 0.6) is 0 Å². The van der Waals surface area contributed by atoms with Gasteiger partial charge in [0.1, 0.15) is 5.60 Å². The molecule has 0 amide bonds. The predicted octanol–water partition coefficient (Wildman–Crippen LogP) is 3.28. The van der Waals surface area contributed by atoms with Crippen molar-refractivity contribution in [1.29, 1.82) is 0 Å². The van der Waals surface area contributed by atoms with Crippen molar-refractivity contribution in [2.24, 2.45) is 5.92 Å². The van der Waals surface area contributed by atoms with Crippen LogP contribution in [0.2, 0.25) is 0 Å². The summed E-state index contributed by atoms with van der Waals surface area (Å²) in [7, 11) is -3.63. The molecule has 2 aromatic rings. The van der Waals surface area contributed by atoms with Gasteiger partial charge in [-0.3, -0.25) is 0 Å². The van der Waals surface area contributed by atoms with Crippen LogP contribution in [-0.2, 0) is 22.0 Å². The molecule has 1 fully saturated rings. The topological polar surface area (TPSA) is 66.4 Å². The summed E-state index contributed by atoms with van der Waals surface area (Å²) < 4.78 is 27.7. The molecule has 24 heavy (non-hydrogen) atoms. The summed E-state index contributed by atoms with van der Waals surface area (Å²) in [6.07, 6.45) is 3.83. The average Bonchev–Trinajstić information content (AvgIpc) is 3.29. The minimum absolute atomic E-state index is 0.0111. The first kappa shape index (κ1) is 17.6. The van der Waals surface area contributed by atoms with Gasteiger partial charge in [0, 0.05) is 11.4 Å². The smallest absolute Gasteiger partial charge is 0.240 e. The van der Waals surface area contributed by atoms with E-state index >= 15 is 0 Å². The second kappa shape index (κ2) is 6.96. The molecule has 1 aromatic carbocycles. The summed E-state index contributed by atoms with van der Waals surface area (Å²) in [6.45, 7) is 2.10. The number of hydrogen-bond donors (Lipinski definition) is 2. The number of benzene rings is 1. The van der Waals surface area contributed by atoms with Crippen molar-refractivity contribution in [1.82, 2.24) is 4.72 Å². The Labute approximate surface area is 147 Å². The summed E-state index contributed by atoms with van der Waals surface area (Å²) in [5.41, 5.74) is 0.0214. The van der Waals surface area contributed by atoms with Gasteiger partial charge in [-0.25, -0.2) is 13.1 Å². The van der Waals surface area contributed by atoms with Gasteiger partial charge < -0.3 is 5.11 Å². The largest absolute Gasteiger partial charge is 0.383 e. The Morgan fingerprint density at radius 1 is 1.25 bits per heavy atom. The molecule has 1 saturated carbocycles. The molecular weight excluding hydrogens is 342 g/mol. The minimum atomic E-state index is -3.63. The van der Waals surface area contributed by atoms with Gasteiger partial charge in [-0.15, -0.1) is 11.3 Å². The second-order valence-corrected chi connectivity index (χ2v) is 9.11. The van der Waals surface area contributed by atoms with E-state index < -0.39 is 15.6 Å². The fraction of sp³-hybridized carbons (Fsp3) is 0.444. The van der Waals surface area contributed by atoms with Crippen molar-refractivity contribution in [2.75, 3.05) is 6.54 Å². The van der Waals surface area contributed by atoms with E-state index in [4.69, 9.17) is 0 Å². The van der Waals surface area contributed by atoms with Crippen molar-refractivity contribution >= 4 is 21.4 Å². The molecule has 0 aliphatic heterocycles. The first-order valence-electron chi connectivity index (χ1n) is 8.30. The maximum atomic E-state index is 12.5. The highest BCUT2D eigenvalue weighted by molar-refractivity contribution is 7.89. The monoisotopic (exact) mass is 365 g/mol. The van der Waals surface area contributed by atoms with Crippen molar-refractivity contribution in [3.05, 3.63) is 52.2 Å². The molecule has 6 heteroatoms. The fourth-order valence-corrected chi connectivity index (χ4v) is 4.91. The van der Waals surface area contributed by atoms with Crippen LogP contribution in [0.3, 0.4) is 0 Å². The summed E-state index contributed by atoms with van der Waals surface area (Å²) in [5.74, 6) is 0.130. The van der Waals surface area contributed by atoms with E-state index in [9.17, 15) is 13.5 Å². The van der Waals surface area contributed by atoms with E-state index in [1.165, 1.54) is 11.3 Å². The number of aliphatic hydroxyl groups is 1. The zero-order valence-corrected chi connectivity index (χ0v) is 15.4. The van der Waals surface area contributed by atoms with E-state index in [1.807, 2.05) is 29.6 Å². The summed E-state index contributed by atoms with van der Waals surface area (Å²) in [4.78, 5) is 1.07. The Morgan fingerprint density at radius 3 is 2.50 bits per heavy atom. The van der Waals surface area contributed by atoms with Gasteiger partial charge in [0.25, 0.3) is 0 Å². The molecule has 1 aromatic heterocycles. The SMILES string of the molecule is CCCc1ccc(S(=O)(=O)NCC(O)(c2cccs2)C2CC2)cc1. The third-order valence-electron chi connectivity index (χ3n) is 4.50. The van der Waals surface area contributed by atoms with E-state index in [1.54, 1.807) is 12.1 Å². The molecule has 1 unspecified atom stereocenters. The molecule has 4 nitrogen and oxygen atoms in total. The number of hydrogen-bond acceptors (Lipinski definition) is 4. The molecule has 1 aliphatic rings. The van der Waals surface area contributed by atoms with Crippen LogP contribution >= 0.6 is 11.3 Å². The van der Waals surface area contributed by atoms with Crippen molar-refractivity contribution in [3.8, 4) is 0 Å². The molecule has 0 bridgehead atoms. The maximum Gasteiger partial charge on any atom is 0.240 e. The molecule has 0 radical (unpaired) electrons. The van der Waals surface area contributed by atoms with E-state index in [2.05, 4.69) is 11.6 Å². The normalized spacial score (nSPS) is 17.6. The Morgan fingerprint density at radius 2 is 1.96 bits per heavy atom. The predicted molar refractivity (Wildman–Crippen MR) is 96.6 cm³/mol. The third kappa shape index (κ3) is 3.72. The highest BCUT2D eigenvalue weighted by atomic mass is 32.2. The lowest BCUT2D eigenvalue weighted by atomic mass is 9.96. The molecule has 3 rings (SSSR count). The van der Waals surface area contributed by atoms with Crippen LogP contribution in [0.25, 0.3) is 0 Å². The maximum absolute atomic E-state index is 12.5. The Hall–Kier alpha value is -1.21. The molecular formula is C18H23NO3S2. The van der Waals surface area contributed by atoms with Crippen LogP contribution < -0.4 is 4.72 Å². The van der Waals surface area contributed by atoms with Crippen LogP contribution in [0, 0.1) is 5.92 Å². The van der Waals surface area contributed by atoms with Crippen molar-refractivity contribution in [3.63, 3.8) is 0 Å². The molecule has 0 spiro atoms. The molecule has 0 saturated heterocycles. The zero-order valence-electron chi connectivity index (χ0n) is 13.7. The molecule has 1 atom stereocenters. The summed E-state index contributed by atoms with van der Waals surface area (Å²) in [6, 6.07) is 10.7. The lowest BCUT2D eigenvalue weighted by Crippen LogP contribution is -2.41. The van der Waals surface area contributed by atoms with Crippen LogP contribution in [0.1, 0.15) is 36.6 Å². The Kier molecular flexibility index (Phi) is 5.11. The number of rotatable bonds is 8. The number of thiophene rings is 1. The second-order valence-electron chi connectivity index (χ2n) is 6.39. The number of nitrogens with one attached hydrogen (secondary N) is 1. The third-order valence-corrected chi connectivity index (χ3v) is 6.96. The van der Waals surface area contributed by atoms with E-state index in [-0.39, 0.29) is 17.4 Å².